The lowest BCUT2D eigenvalue weighted by molar-refractivity contribution is 0.0645. The fourth-order valence-corrected chi connectivity index (χ4v) is 3.18. The van der Waals surface area contributed by atoms with Crippen molar-refractivity contribution in [1.82, 2.24) is 20.1 Å². The summed E-state index contributed by atoms with van der Waals surface area (Å²) in [7, 11) is 5.22. The van der Waals surface area contributed by atoms with Crippen LogP contribution in [0.4, 0.5) is 0 Å². The van der Waals surface area contributed by atoms with Gasteiger partial charge < -0.3 is 29.3 Å². The molecule has 1 atom stereocenters. The summed E-state index contributed by atoms with van der Waals surface area (Å²) in [6.07, 6.45) is 5.35. The minimum absolute atomic E-state index is 0.0584. The number of pyridine rings is 1. The van der Waals surface area contributed by atoms with Crippen molar-refractivity contribution in [3.63, 3.8) is 0 Å². The number of amidine groups is 1. The molecule has 2 heterocycles. The van der Waals surface area contributed by atoms with Crippen LogP contribution >= 0.6 is 0 Å². The second-order valence-corrected chi connectivity index (χ2v) is 8.35. The maximum atomic E-state index is 12.8. The van der Waals surface area contributed by atoms with Crippen LogP contribution in [-0.2, 0) is 4.74 Å². The van der Waals surface area contributed by atoms with Gasteiger partial charge in [0.15, 0.2) is 0 Å². The monoisotopic (exact) mass is 481 g/mol. The van der Waals surface area contributed by atoms with Crippen molar-refractivity contribution in [2.45, 2.75) is 19.4 Å². The summed E-state index contributed by atoms with van der Waals surface area (Å²) in [6.45, 7) is 3.71. The van der Waals surface area contributed by atoms with Gasteiger partial charge in [0.1, 0.15) is 34.9 Å². The number of hydrogen-bond donors (Lipinski definition) is 2. The summed E-state index contributed by atoms with van der Waals surface area (Å²) < 4.78 is 16.9. The van der Waals surface area contributed by atoms with E-state index in [9.17, 15) is 9.59 Å². The molecule has 10 heteroatoms. The van der Waals surface area contributed by atoms with Gasteiger partial charge in [0.05, 0.1) is 12.8 Å². The zero-order valence-electron chi connectivity index (χ0n) is 20.4. The number of aromatic nitrogens is 1. The number of methoxy groups -OCH3 is 1. The zero-order valence-corrected chi connectivity index (χ0v) is 20.4. The molecule has 186 valence electrons. The van der Waals surface area contributed by atoms with Crippen LogP contribution in [0, 0.1) is 5.41 Å². The Hall–Kier alpha value is -3.92. The fourth-order valence-electron chi connectivity index (χ4n) is 3.18. The number of benzene rings is 1. The van der Waals surface area contributed by atoms with Gasteiger partial charge in [-0.25, -0.2) is 4.98 Å². The molecule has 2 aromatic rings. The third-order valence-corrected chi connectivity index (χ3v) is 5.00. The summed E-state index contributed by atoms with van der Waals surface area (Å²) in [5.74, 6) is 0.510. The van der Waals surface area contributed by atoms with Gasteiger partial charge in [0.25, 0.3) is 11.8 Å². The lowest BCUT2D eigenvalue weighted by atomic mass is 10.1. The van der Waals surface area contributed by atoms with Crippen LogP contribution in [0.25, 0.3) is 0 Å². The second kappa shape index (κ2) is 12.0. The summed E-state index contributed by atoms with van der Waals surface area (Å²) in [5.41, 5.74) is 0.606. The van der Waals surface area contributed by atoms with Crippen LogP contribution in [0.5, 0.6) is 17.2 Å². The summed E-state index contributed by atoms with van der Waals surface area (Å²) in [4.78, 5) is 32.8. The van der Waals surface area contributed by atoms with E-state index in [0.29, 0.717) is 29.5 Å². The molecule has 1 fully saturated rings. The minimum atomic E-state index is -0.485. The Labute approximate surface area is 205 Å². The van der Waals surface area contributed by atoms with Gasteiger partial charge in [-0.05, 0) is 43.7 Å². The van der Waals surface area contributed by atoms with Crippen molar-refractivity contribution in [3.8, 4) is 17.2 Å². The first-order valence-electron chi connectivity index (χ1n) is 11.2. The number of rotatable bonds is 10. The molecule has 1 aliphatic heterocycles. The van der Waals surface area contributed by atoms with E-state index in [-0.39, 0.29) is 23.4 Å². The van der Waals surface area contributed by atoms with E-state index in [4.69, 9.17) is 19.6 Å². The third-order valence-electron chi connectivity index (χ3n) is 5.00. The maximum absolute atomic E-state index is 12.8. The smallest absolute Gasteiger partial charge is 0.272 e. The number of nitrogens with zero attached hydrogens (tertiary/aromatic N) is 3. The van der Waals surface area contributed by atoms with Crippen molar-refractivity contribution >= 4 is 17.6 Å². The van der Waals surface area contributed by atoms with E-state index in [1.54, 1.807) is 53.4 Å². The molecular formula is C25H31N5O5. The predicted octanol–water partition coefficient (Wildman–Crippen LogP) is 2.92. The molecule has 1 aromatic carbocycles. The summed E-state index contributed by atoms with van der Waals surface area (Å²) >= 11 is 0. The van der Waals surface area contributed by atoms with Crippen LogP contribution in [0.15, 0.2) is 48.8 Å². The molecule has 2 amide bonds. The van der Waals surface area contributed by atoms with Crippen molar-refractivity contribution in [2.75, 3.05) is 40.9 Å². The number of carbonyl (C=O) groups excluding carboxylic acids is 2. The quantitative estimate of drug-likeness (QED) is 0.396. The van der Waals surface area contributed by atoms with Gasteiger partial charge in [-0.15, -0.1) is 0 Å². The number of amides is 2. The Balaban J connectivity index is 1.79. The normalized spacial score (nSPS) is 13.7. The van der Waals surface area contributed by atoms with E-state index in [1.807, 2.05) is 21.0 Å². The SMILES string of the molecule is COC[C@H](C)Oc1cc(Oc2ccc(C(=O)N3CCC3)nc2)cc(C(=O)NC(=N)/C=C\N(C)C)c1. The molecule has 10 nitrogen and oxygen atoms in total. The van der Waals surface area contributed by atoms with Crippen LogP contribution in [-0.4, -0.2) is 79.4 Å². The van der Waals surface area contributed by atoms with E-state index in [0.717, 1.165) is 19.5 Å². The molecular weight excluding hydrogens is 450 g/mol. The lowest BCUT2D eigenvalue weighted by Gasteiger charge is -2.30. The molecule has 0 unspecified atom stereocenters. The predicted molar refractivity (Wildman–Crippen MR) is 131 cm³/mol. The molecule has 0 saturated carbocycles. The van der Waals surface area contributed by atoms with Gasteiger partial charge in [-0.3, -0.25) is 15.0 Å². The fraction of sp³-hybridized carbons (Fsp3) is 0.360. The molecule has 0 bridgehead atoms. The number of nitrogens with one attached hydrogen (secondary N) is 2. The van der Waals surface area contributed by atoms with Crippen molar-refractivity contribution in [2.24, 2.45) is 0 Å². The standard InChI is InChI=1S/C25H31N5O5/c1-17(16-33-4)34-20-12-18(24(31)28-23(26)8-11-29(2)3)13-21(14-20)35-19-6-7-22(27-15-19)25(32)30-9-5-10-30/h6-8,11-15,17H,5,9-10,16H2,1-4H3,(H2,26,28,31)/b11-8-/t17-/m0/s1. The molecule has 3 rings (SSSR count). The van der Waals surface area contributed by atoms with Crippen LogP contribution < -0.4 is 14.8 Å². The van der Waals surface area contributed by atoms with Gasteiger partial charge in [-0.2, -0.15) is 0 Å². The topological polar surface area (TPSA) is 117 Å². The molecule has 0 radical (unpaired) electrons. The van der Waals surface area contributed by atoms with E-state index >= 15 is 0 Å². The first-order chi connectivity index (χ1) is 16.7. The summed E-state index contributed by atoms with van der Waals surface area (Å²) in [5, 5.41) is 10.5. The zero-order chi connectivity index (χ0) is 25.4. The Morgan fingerprint density at radius 1 is 1.20 bits per heavy atom. The van der Waals surface area contributed by atoms with Gasteiger partial charge in [0, 0.05) is 52.1 Å². The Bertz CT molecular complexity index is 1080. The minimum Gasteiger partial charge on any atom is -0.488 e. The van der Waals surface area contributed by atoms with Gasteiger partial charge >= 0.3 is 0 Å². The molecule has 35 heavy (non-hydrogen) atoms. The number of likely N-dealkylation sites (tertiary alicyclic amines) is 1. The van der Waals surface area contributed by atoms with E-state index < -0.39 is 5.91 Å². The number of ether oxygens (including phenoxy) is 3. The van der Waals surface area contributed by atoms with Crippen LogP contribution in [0.1, 0.15) is 34.2 Å². The highest BCUT2D eigenvalue weighted by atomic mass is 16.5. The van der Waals surface area contributed by atoms with Crippen molar-refractivity contribution in [3.05, 3.63) is 60.1 Å². The lowest BCUT2D eigenvalue weighted by Crippen LogP contribution is -2.42. The Morgan fingerprint density at radius 3 is 2.54 bits per heavy atom. The van der Waals surface area contributed by atoms with Crippen molar-refractivity contribution < 1.29 is 23.8 Å². The van der Waals surface area contributed by atoms with Crippen molar-refractivity contribution in [1.29, 1.82) is 5.41 Å². The van der Waals surface area contributed by atoms with Gasteiger partial charge in [-0.1, -0.05) is 0 Å². The molecule has 1 aromatic heterocycles. The van der Waals surface area contributed by atoms with Crippen LogP contribution in [0.2, 0.25) is 0 Å². The number of carbonyl (C=O) groups is 2. The Morgan fingerprint density at radius 2 is 1.94 bits per heavy atom. The third kappa shape index (κ3) is 7.54. The first kappa shape index (κ1) is 25.7. The second-order valence-electron chi connectivity index (χ2n) is 8.35. The molecule has 2 N–H and O–H groups in total. The highest BCUT2D eigenvalue weighted by molar-refractivity contribution is 6.09. The number of hydrogen-bond acceptors (Lipinski definition) is 8. The molecule has 0 aliphatic carbocycles. The van der Waals surface area contributed by atoms with Gasteiger partial charge in [0.2, 0.25) is 0 Å². The molecule has 1 saturated heterocycles. The summed E-state index contributed by atoms with van der Waals surface area (Å²) in [6, 6.07) is 8.04. The molecule has 0 spiro atoms. The average molecular weight is 482 g/mol. The molecule has 1 aliphatic rings. The van der Waals surface area contributed by atoms with Crippen LogP contribution in [0.3, 0.4) is 0 Å². The largest absolute Gasteiger partial charge is 0.488 e. The first-order valence-corrected chi connectivity index (χ1v) is 11.2. The highest BCUT2D eigenvalue weighted by Gasteiger charge is 2.22. The van der Waals surface area contributed by atoms with E-state index in [2.05, 4.69) is 10.3 Å². The highest BCUT2D eigenvalue weighted by Crippen LogP contribution is 2.28. The Kier molecular flexibility index (Phi) is 8.80. The average Bonchev–Trinajstić information content (AvgIpc) is 2.77. The van der Waals surface area contributed by atoms with E-state index in [1.165, 1.54) is 12.3 Å². The maximum Gasteiger partial charge on any atom is 0.272 e.